The van der Waals surface area contributed by atoms with Crippen molar-refractivity contribution in [3.05, 3.63) is 0 Å². The molecule has 0 aromatic carbocycles. The standard InChI is InChI=1S/C3H9N.Cl2HN.Pt/c1-3(2)4;1-3-2;/h3H,4H2,1-2H3;3H;. The first-order valence-electron chi connectivity index (χ1n) is 1.87. The Labute approximate surface area is 74.6 Å². The van der Waals surface area contributed by atoms with E-state index in [1.165, 1.54) is 0 Å². The van der Waals surface area contributed by atoms with Crippen molar-refractivity contribution in [1.82, 2.24) is 4.35 Å². The molecule has 0 spiro atoms. The third-order valence-electron chi connectivity index (χ3n) is 0. The molecule has 0 aliphatic carbocycles. The molecule has 0 saturated carbocycles. The first-order chi connectivity index (χ1) is 3.15. The van der Waals surface area contributed by atoms with Gasteiger partial charge in [-0.2, -0.15) is 0 Å². The van der Waals surface area contributed by atoms with E-state index < -0.39 is 0 Å². The fraction of sp³-hybridized carbons (Fsp3) is 1.00. The van der Waals surface area contributed by atoms with Crippen molar-refractivity contribution in [2.75, 3.05) is 0 Å². The van der Waals surface area contributed by atoms with Crippen LogP contribution in [0.25, 0.3) is 0 Å². The molecule has 0 heterocycles. The maximum absolute atomic E-state index is 5.11. The van der Waals surface area contributed by atoms with Crippen LogP contribution in [0.2, 0.25) is 0 Å². The van der Waals surface area contributed by atoms with Gasteiger partial charge in [-0.1, -0.05) is 13.8 Å². The largest absolute Gasteiger partial charge is 0.328 e. The predicted octanol–water partition coefficient (Wildman–Crippen LogP) is 1.23. The van der Waals surface area contributed by atoms with Crippen molar-refractivity contribution in [2.45, 2.75) is 19.9 Å². The number of halogens is 2. The van der Waals surface area contributed by atoms with Gasteiger partial charge in [-0.05, 0) is 29.6 Å². The van der Waals surface area contributed by atoms with Gasteiger partial charge in [0.25, 0.3) is 0 Å². The monoisotopic (exact) mass is 339 g/mol. The van der Waals surface area contributed by atoms with E-state index in [0.717, 1.165) is 0 Å². The third-order valence-corrected chi connectivity index (χ3v) is 0. The Bertz CT molecular complexity index is 26.5. The van der Waals surface area contributed by atoms with Gasteiger partial charge in [-0.3, -0.25) is 0 Å². The molecule has 0 saturated heterocycles. The minimum atomic E-state index is 0. The van der Waals surface area contributed by atoms with Crippen LogP contribution >= 0.6 is 23.6 Å². The molecule has 0 unspecified atom stereocenters. The van der Waals surface area contributed by atoms with E-state index >= 15 is 0 Å². The topological polar surface area (TPSA) is 38.0 Å². The van der Waals surface area contributed by atoms with Crippen LogP contribution < -0.4 is 10.1 Å². The van der Waals surface area contributed by atoms with Gasteiger partial charge in [0.1, 0.15) is 0 Å². The van der Waals surface area contributed by atoms with Crippen LogP contribution in [0, 0.1) is 0 Å². The summed E-state index contributed by atoms with van der Waals surface area (Å²) < 4.78 is 1.69. The second-order valence-corrected chi connectivity index (χ2v) is 1.89. The number of nitrogens with two attached hydrogens (primary N) is 1. The second kappa shape index (κ2) is 15.7. The summed E-state index contributed by atoms with van der Waals surface area (Å²) in [4.78, 5) is 0. The summed E-state index contributed by atoms with van der Waals surface area (Å²) in [6, 6.07) is 0.333. The van der Waals surface area contributed by atoms with E-state index in [1.807, 2.05) is 13.8 Å². The molecule has 8 heavy (non-hydrogen) atoms. The molecule has 56 valence electrons. The zero-order chi connectivity index (χ0) is 6.28. The van der Waals surface area contributed by atoms with E-state index in [2.05, 4.69) is 23.6 Å². The van der Waals surface area contributed by atoms with Crippen LogP contribution in [0.1, 0.15) is 13.8 Å². The maximum Gasteiger partial charge on any atom is 0 e. The van der Waals surface area contributed by atoms with Crippen LogP contribution in [0.3, 0.4) is 0 Å². The van der Waals surface area contributed by atoms with Crippen molar-refractivity contribution >= 4 is 23.6 Å². The Morgan fingerprint density at radius 3 is 1.38 bits per heavy atom. The summed E-state index contributed by atoms with van der Waals surface area (Å²) in [5.41, 5.74) is 5.11. The van der Waals surface area contributed by atoms with Crippen LogP contribution in [0.15, 0.2) is 0 Å². The molecule has 0 rings (SSSR count). The Kier molecular flexibility index (Phi) is 31.6. The number of hydrogen-bond donors (Lipinski definition) is 2. The number of nitrogens with one attached hydrogen (secondary N) is 1. The molecule has 0 bridgehead atoms. The Balaban J connectivity index is -0.0000000575. The molecule has 0 aromatic heterocycles. The average molecular weight is 340 g/mol. The summed E-state index contributed by atoms with van der Waals surface area (Å²) in [7, 11) is 0. The van der Waals surface area contributed by atoms with E-state index in [-0.39, 0.29) is 21.1 Å². The Hall–Kier alpha value is 1.19. The van der Waals surface area contributed by atoms with Crippen molar-refractivity contribution in [2.24, 2.45) is 5.73 Å². The molecule has 0 aromatic rings. The van der Waals surface area contributed by atoms with Crippen LogP contribution in [-0.4, -0.2) is 6.04 Å². The van der Waals surface area contributed by atoms with Gasteiger partial charge >= 0.3 is 0 Å². The second-order valence-electron chi connectivity index (χ2n) is 1.32. The van der Waals surface area contributed by atoms with Gasteiger partial charge in [0.2, 0.25) is 0 Å². The SMILES string of the molecule is CC(C)N.ClNCl.[Pt]. The minimum absolute atomic E-state index is 0. The van der Waals surface area contributed by atoms with E-state index in [0.29, 0.717) is 6.04 Å². The van der Waals surface area contributed by atoms with Crippen molar-refractivity contribution in [1.29, 1.82) is 0 Å². The predicted molar refractivity (Wildman–Crippen MR) is 34.2 cm³/mol. The van der Waals surface area contributed by atoms with Gasteiger partial charge in [0.15, 0.2) is 0 Å². The number of rotatable bonds is 0. The molecule has 5 heteroatoms. The van der Waals surface area contributed by atoms with E-state index in [4.69, 9.17) is 5.73 Å². The molecule has 0 amide bonds. The molecule has 2 nitrogen and oxygen atoms in total. The van der Waals surface area contributed by atoms with E-state index in [1.54, 1.807) is 4.35 Å². The molecular formula is C3H10Cl2N2Pt. The van der Waals surface area contributed by atoms with Gasteiger partial charge in [0, 0.05) is 21.1 Å². The first kappa shape index (κ1) is 16.1. The summed E-state index contributed by atoms with van der Waals surface area (Å²) in [5.74, 6) is 0. The molecule has 0 fully saturated rings. The van der Waals surface area contributed by atoms with Gasteiger partial charge < -0.3 is 5.73 Å². The Morgan fingerprint density at radius 1 is 1.38 bits per heavy atom. The van der Waals surface area contributed by atoms with Gasteiger partial charge in [-0.15, -0.1) is 4.35 Å². The van der Waals surface area contributed by atoms with Gasteiger partial charge in [0.05, 0.1) is 0 Å². The number of hydrogen-bond acceptors (Lipinski definition) is 2. The zero-order valence-electron chi connectivity index (χ0n) is 4.73. The van der Waals surface area contributed by atoms with Gasteiger partial charge in [-0.25, -0.2) is 0 Å². The fourth-order valence-electron chi connectivity index (χ4n) is 0. The molecule has 0 aliphatic rings. The average Bonchev–Trinajstić information content (AvgIpc) is 1.33. The van der Waals surface area contributed by atoms with Crippen LogP contribution in [0.5, 0.6) is 0 Å². The normalized spacial score (nSPS) is 6.75. The smallest absolute Gasteiger partial charge is 0 e. The molecule has 3 N–H and O–H groups in total. The van der Waals surface area contributed by atoms with Crippen LogP contribution in [-0.2, 0) is 21.1 Å². The van der Waals surface area contributed by atoms with Crippen molar-refractivity contribution < 1.29 is 21.1 Å². The van der Waals surface area contributed by atoms with Crippen molar-refractivity contribution in [3.63, 3.8) is 0 Å². The third kappa shape index (κ3) is 195. The maximum atomic E-state index is 5.11. The van der Waals surface area contributed by atoms with Crippen LogP contribution in [0.4, 0.5) is 0 Å². The fourth-order valence-corrected chi connectivity index (χ4v) is 0. The quantitative estimate of drug-likeness (QED) is 0.651. The van der Waals surface area contributed by atoms with E-state index in [9.17, 15) is 0 Å². The summed E-state index contributed by atoms with van der Waals surface area (Å²) in [6.07, 6.45) is 0. The minimum Gasteiger partial charge on any atom is -0.328 e. The molecule has 0 atom stereocenters. The molecular weight excluding hydrogens is 330 g/mol. The molecule has 0 aliphatic heterocycles. The summed E-state index contributed by atoms with van der Waals surface area (Å²) >= 11 is 9.03. The molecule has 0 radical (unpaired) electrons. The first-order valence-corrected chi connectivity index (χ1v) is 2.62. The Morgan fingerprint density at radius 2 is 1.38 bits per heavy atom. The van der Waals surface area contributed by atoms with Crippen molar-refractivity contribution in [3.8, 4) is 0 Å². The summed E-state index contributed by atoms with van der Waals surface area (Å²) in [6.45, 7) is 3.89. The zero-order valence-corrected chi connectivity index (χ0v) is 8.51. The summed E-state index contributed by atoms with van der Waals surface area (Å²) in [5, 5.41) is 0.